The monoisotopic (exact) mass is 486 g/mol. The Labute approximate surface area is 207 Å². The molecule has 1 saturated carbocycles. The first-order chi connectivity index (χ1) is 17.6. The van der Waals surface area contributed by atoms with Crippen LogP contribution in [0.1, 0.15) is 53.9 Å². The Morgan fingerprint density at radius 1 is 1.06 bits per heavy atom. The van der Waals surface area contributed by atoms with Crippen LogP contribution < -0.4 is 5.56 Å². The lowest BCUT2D eigenvalue weighted by atomic mass is 9.84. The molecule has 0 bridgehead atoms. The molecule has 6 rings (SSSR count). The van der Waals surface area contributed by atoms with Gasteiger partial charge in [-0.05, 0) is 24.3 Å². The number of alkyl halides is 1. The van der Waals surface area contributed by atoms with Gasteiger partial charge in [0.15, 0.2) is 5.65 Å². The van der Waals surface area contributed by atoms with Crippen molar-refractivity contribution in [2.45, 2.75) is 38.0 Å². The molecule has 1 aliphatic carbocycles. The lowest BCUT2D eigenvalue weighted by molar-refractivity contribution is 0.0455. The number of carbonyl (C=O) groups is 1. The summed E-state index contributed by atoms with van der Waals surface area (Å²) in [5.41, 5.74) is 3.56. The summed E-state index contributed by atoms with van der Waals surface area (Å²) < 4.78 is 14.3. The molecule has 1 N–H and O–H groups in total. The standard InChI is InChI=1S/C27H27FN6O2/c28-13-17-15-33(16-17)27(36)24-25(22-14-29-10-11-30-22)32-34-23(35)12-21(31-26(24)34)20-8-6-19(7-9-20)18-4-2-1-3-5-18/h6-12,14,17-18,32H,1-5,13,15-16H2. The van der Waals surface area contributed by atoms with Crippen molar-refractivity contribution in [2.75, 3.05) is 19.8 Å². The molecule has 36 heavy (non-hydrogen) atoms. The number of carbonyl (C=O) groups excluding carboxylic acids is 1. The van der Waals surface area contributed by atoms with Gasteiger partial charge in [-0.3, -0.25) is 29.0 Å². The van der Waals surface area contributed by atoms with Gasteiger partial charge < -0.3 is 4.90 Å². The molecule has 0 atom stereocenters. The van der Waals surface area contributed by atoms with Crippen molar-refractivity contribution in [3.63, 3.8) is 0 Å². The van der Waals surface area contributed by atoms with E-state index in [1.54, 1.807) is 4.90 Å². The molecule has 1 saturated heterocycles. The number of halogens is 1. The summed E-state index contributed by atoms with van der Waals surface area (Å²) in [6.45, 7) is 0.200. The maximum Gasteiger partial charge on any atom is 0.273 e. The second-order valence-electron chi connectivity index (χ2n) is 9.78. The quantitative estimate of drug-likeness (QED) is 0.455. The SMILES string of the molecule is O=C(c1c(-c2cnccn2)[nH]n2c(=O)cc(-c3ccc(C4CCCCC4)cc3)nc12)N1CC(CF)C1. The van der Waals surface area contributed by atoms with Crippen LogP contribution in [0, 0.1) is 5.92 Å². The van der Waals surface area contributed by atoms with Gasteiger partial charge in [-0.25, -0.2) is 9.50 Å². The molecule has 4 aromatic rings. The van der Waals surface area contributed by atoms with Crippen LogP contribution in [0.25, 0.3) is 28.3 Å². The van der Waals surface area contributed by atoms with E-state index in [2.05, 4.69) is 27.2 Å². The first-order valence-corrected chi connectivity index (χ1v) is 12.5. The van der Waals surface area contributed by atoms with Crippen LogP contribution in [0.15, 0.2) is 53.7 Å². The summed E-state index contributed by atoms with van der Waals surface area (Å²) in [6, 6.07) is 9.72. The highest BCUT2D eigenvalue weighted by atomic mass is 19.1. The molecule has 8 nitrogen and oxygen atoms in total. The summed E-state index contributed by atoms with van der Waals surface area (Å²) in [4.78, 5) is 41.4. The highest BCUT2D eigenvalue weighted by molar-refractivity contribution is 6.05. The number of benzene rings is 1. The predicted molar refractivity (Wildman–Crippen MR) is 133 cm³/mol. The van der Waals surface area contributed by atoms with Gasteiger partial charge in [0, 0.05) is 43.0 Å². The second-order valence-corrected chi connectivity index (χ2v) is 9.78. The van der Waals surface area contributed by atoms with Crippen LogP contribution in [-0.4, -0.2) is 55.1 Å². The molecule has 1 aliphatic heterocycles. The minimum absolute atomic E-state index is 0.159. The van der Waals surface area contributed by atoms with E-state index >= 15 is 0 Å². The Bertz CT molecular complexity index is 1450. The number of H-pyrrole nitrogens is 1. The minimum Gasteiger partial charge on any atom is -0.338 e. The van der Waals surface area contributed by atoms with Gasteiger partial charge in [-0.1, -0.05) is 43.5 Å². The summed E-state index contributed by atoms with van der Waals surface area (Å²) in [5.74, 6) is 0.116. The van der Waals surface area contributed by atoms with E-state index in [0.29, 0.717) is 36.1 Å². The van der Waals surface area contributed by atoms with Crippen LogP contribution in [0.5, 0.6) is 0 Å². The Kier molecular flexibility index (Phi) is 5.83. The maximum atomic E-state index is 13.5. The van der Waals surface area contributed by atoms with Crippen molar-refractivity contribution in [1.29, 1.82) is 0 Å². The molecule has 4 heterocycles. The molecule has 0 radical (unpaired) electrons. The number of nitrogens with one attached hydrogen (secondary N) is 1. The van der Waals surface area contributed by atoms with Crippen molar-refractivity contribution < 1.29 is 9.18 Å². The molecule has 2 fully saturated rings. The maximum absolute atomic E-state index is 13.5. The van der Waals surface area contributed by atoms with Gasteiger partial charge in [-0.15, -0.1) is 0 Å². The van der Waals surface area contributed by atoms with Gasteiger partial charge in [0.25, 0.3) is 11.5 Å². The van der Waals surface area contributed by atoms with Crippen molar-refractivity contribution in [3.05, 3.63) is 70.4 Å². The Hall–Kier alpha value is -3.88. The van der Waals surface area contributed by atoms with E-state index in [1.165, 1.54) is 66.8 Å². The van der Waals surface area contributed by atoms with E-state index in [0.717, 1.165) is 5.56 Å². The molecule has 184 valence electrons. The fourth-order valence-electron chi connectivity index (χ4n) is 5.35. The summed E-state index contributed by atoms with van der Waals surface area (Å²) >= 11 is 0. The van der Waals surface area contributed by atoms with Crippen molar-refractivity contribution in [1.82, 2.24) is 29.5 Å². The molecule has 0 unspecified atom stereocenters. The number of aromatic nitrogens is 5. The zero-order valence-corrected chi connectivity index (χ0v) is 19.9. The van der Waals surface area contributed by atoms with Gasteiger partial charge in [0.1, 0.15) is 11.3 Å². The molecular weight excluding hydrogens is 459 g/mol. The predicted octanol–water partition coefficient (Wildman–Crippen LogP) is 4.24. The summed E-state index contributed by atoms with van der Waals surface area (Å²) in [5, 5.41) is 3.01. The molecule has 2 aliphatic rings. The van der Waals surface area contributed by atoms with Crippen molar-refractivity contribution >= 4 is 11.6 Å². The van der Waals surface area contributed by atoms with Crippen LogP contribution in [0.3, 0.4) is 0 Å². The molecule has 1 aromatic carbocycles. The second kappa shape index (κ2) is 9.29. The van der Waals surface area contributed by atoms with Crippen molar-refractivity contribution in [2.24, 2.45) is 5.92 Å². The van der Waals surface area contributed by atoms with Gasteiger partial charge >= 0.3 is 0 Å². The summed E-state index contributed by atoms with van der Waals surface area (Å²) in [7, 11) is 0. The Morgan fingerprint density at radius 3 is 2.53 bits per heavy atom. The smallest absolute Gasteiger partial charge is 0.273 e. The third kappa shape index (κ3) is 3.98. The largest absolute Gasteiger partial charge is 0.338 e. The van der Waals surface area contributed by atoms with Crippen molar-refractivity contribution in [3.8, 4) is 22.6 Å². The third-order valence-electron chi connectivity index (χ3n) is 7.39. The lowest BCUT2D eigenvalue weighted by Gasteiger charge is -2.37. The van der Waals surface area contributed by atoms with Gasteiger partial charge in [0.05, 0.1) is 24.3 Å². The number of nitrogens with zero attached hydrogens (tertiary/aromatic N) is 5. The number of hydrogen-bond acceptors (Lipinski definition) is 5. The number of likely N-dealkylation sites (tertiary alicyclic amines) is 1. The highest BCUT2D eigenvalue weighted by Gasteiger charge is 2.35. The number of aromatic amines is 1. The van der Waals surface area contributed by atoms with E-state index < -0.39 is 6.67 Å². The normalized spacial score (nSPS) is 16.9. The number of rotatable bonds is 5. The molecular formula is C27H27FN6O2. The first-order valence-electron chi connectivity index (χ1n) is 12.5. The molecule has 1 amide bonds. The van der Waals surface area contributed by atoms with Gasteiger partial charge in [-0.2, -0.15) is 0 Å². The van der Waals surface area contributed by atoms with Crippen LogP contribution >= 0.6 is 0 Å². The fraction of sp³-hybridized carbons (Fsp3) is 0.370. The first kappa shape index (κ1) is 22.6. The average molecular weight is 487 g/mol. The fourth-order valence-corrected chi connectivity index (χ4v) is 5.35. The van der Waals surface area contributed by atoms with E-state index in [9.17, 15) is 14.0 Å². The third-order valence-corrected chi connectivity index (χ3v) is 7.39. The molecule has 0 spiro atoms. The number of amides is 1. The van der Waals surface area contributed by atoms with Crippen LogP contribution in [-0.2, 0) is 0 Å². The minimum atomic E-state index is -0.465. The zero-order chi connectivity index (χ0) is 24.6. The van der Waals surface area contributed by atoms with E-state index in [4.69, 9.17) is 4.98 Å². The number of fused-ring (bicyclic) bond motifs is 1. The highest BCUT2D eigenvalue weighted by Crippen LogP contribution is 2.34. The topological polar surface area (TPSA) is 96.2 Å². The summed E-state index contributed by atoms with van der Waals surface area (Å²) in [6.07, 6.45) is 10.9. The number of hydrogen-bond donors (Lipinski definition) is 1. The van der Waals surface area contributed by atoms with Gasteiger partial charge in [0.2, 0.25) is 0 Å². The van der Waals surface area contributed by atoms with Crippen LogP contribution in [0.4, 0.5) is 4.39 Å². The molecule has 3 aromatic heterocycles. The zero-order valence-electron chi connectivity index (χ0n) is 19.9. The van der Waals surface area contributed by atoms with E-state index in [-0.39, 0.29) is 28.6 Å². The van der Waals surface area contributed by atoms with Crippen LogP contribution in [0.2, 0.25) is 0 Å². The lowest BCUT2D eigenvalue weighted by Crippen LogP contribution is -2.50. The molecule has 9 heteroatoms. The Morgan fingerprint density at radius 2 is 1.83 bits per heavy atom. The Balaban J connectivity index is 1.43. The average Bonchev–Trinajstić information content (AvgIpc) is 3.29. The van der Waals surface area contributed by atoms with E-state index in [1.807, 2.05) is 12.1 Å².